The Morgan fingerprint density at radius 1 is 1.03 bits per heavy atom. The summed E-state index contributed by atoms with van der Waals surface area (Å²) in [5, 5.41) is 4.72. The molecule has 4 rings (SSSR count). The van der Waals surface area contributed by atoms with Crippen molar-refractivity contribution in [2.24, 2.45) is 4.99 Å². The van der Waals surface area contributed by atoms with E-state index in [1.54, 1.807) is 7.11 Å². The molecule has 2 heterocycles. The van der Waals surface area contributed by atoms with Crippen LogP contribution in [0.2, 0.25) is 0 Å². The van der Waals surface area contributed by atoms with Crippen LogP contribution in [0, 0.1) is 0 Å². The molecule has 0 unspecified atom stereocenters. The van der Waals surface area contributed by atoms with Gasteiger partial charge in [-0.05, 0) is 30.2 Å². The maximum absolute atomic E-state index is 5.52. The van der Waals surface area contributed by atoms with Gasteiger partial charge in [0.15, 0.2) is 5.96 Å². The molecular formula is C24H29N5O. The molecule has 1 aliphatic rings. The normalized spacial score (nSPS) is 14.8. The van der Waals surface area contributed by atoms with E-state index in [1.165, 1.54) is 10.9 Å². The monoisotopic (exact) mass is 403 g/mol. The lowest BCUT2D eigenvalue weighted by atomic mass is 10.1. The molecule has 0 bridgehead atoms. The quantitative estimate of drug-likeness (QED) is 0.524. The molecule has 1 saturated heterocycles. The number of rotatable bonds is 5. The van der Waals surface area contributed by atoms with Crippen LogP contribution in [0.15, 0.2) is 65.8 Å². The van der Waals surface area contributed by atoms with Gasteiger partial charge in [-0.15, -0.1) is 0 Å². The van der Waals surface area contributed by atoms with Gasteiger partial charge in [0.1, 0.15) is 5.75 Å². The number of anilines is 1. The number of methoxy groups -OCH3 is 1. The summed E-state index contributed by atoms with van der Waals surface area (Å²) in [5.41, 5.74) is 3.50. The van der Waals surface area contributed by atoms with Crippen LogP contribution in [0.5, 0.6) is 5.75 Å². The summed E-state index contributed by atoms with van der Waals surface area (Å²) in [6.07, 6.45) is 2.77. The molecule has 0 atom stereocenters. The Labute approximate surface area is 178 Å². The van der Waals surface area contributed by atoms with Gasteiger partial charge in [-0.2, -0.15) is 0 Å². The topological polar surface area (TPSA) is 53.0 Å². The molecule has 3 aromatic rings. The van der Waals surface area contributed by atoms with Crippen LogP contribution in [0.3, 0.4) is 0 Å². The standard InChI is InChI=1S/C24H29N5O/c1-25-24(27-14-12-20-8-5-7-19-9-6-13-26-23(19)20)29-17-15-28(16-18-29)21-10-3-4-11-22(21)30-2/h3-11,13H,12,14-18H2,1-2H3,(H,25,27). The van der Waals surface area contributed by atoms with Crippen LogP contribution < -0.4 is 15.0 Å². The summed E-state index contributed by atoms with van der Waals surface area (Å²) in [4.78, 5) is 13.8. The zero-order chi connectivity index (χ0) is 20.8. The molecule has 0 amide bonds. The zero-order valence-electron chi connectivity index (χ0n) is 17.7. The Balaban J connectivity index is 1.33. The number of hydrogen-bond acceptors (Lipinski definition) is 4. The highest BCUT2D eigenvalue weighted by Gasteiger charge is 2.21. The predicted molar refractivity (Wildman–Crippen MR) is 124 cm³/mol. The molecule has 1 aliphatic heterocycles. The minimum atomic E-state index is 0.828. The van der Waals surface area contributed by atoms with Crippen molar-refractivity contribution in [3.63, 3.8) is 0 Å². The summed E-state index contributed by atoms with van der Waals surface area (Å²) < 4.78 is 5.52. The molecule has 1 aromatic heterocycles. The van der Waals surface area contributed by atoms with E-state index in [-0.39, 0.29) is 0 Å². The van der Waals surface area contributed by atoms with Crippen LogP contribution in [-0.2, 0) is 6.42 Å². The summed E-state index contributed by atoms with van der Waals surface area (Å²) in [5.74, 6) is 1.89. The maximum Gasteiger partial charge on any atom is 0.193 e. The fourth-order valence-electron chi connectivity index (χ4n) is 4.06. The second-order valence-corrected chi connectivity index (χ2v) is 7.36. The summed E-state index contributed by atoms with van der Waals surface area (Å²) in [6.45, 7) is 4.55. The van der Waals surface area contributed by atoms with E-state index >= 15 is 0 Å². The highest BCUT2D eigenvalue weighted by Crippen LogP contribution is 2.28. The average Bonchev–Trinajstić information content (AvgIpc) is 2.82. The predicted octanol–water partition coefficient (Wildman–Crippen LogP) is 3.18. The number of hydrogen-bond donors (Lipinski definition) is 1. The molecule has 0 radical (unpaired) electrons. The fourth-order valence-corrected chi connectivity index (χ4v) is 4.06. The largest absolute Gasteiger partial charge is 0.495 e. The lowest BCUT2D eigenvalue weighted by Gasteiger charge is -2.38. The number of nitrogens with zero attached hydrogens (tertiary/aromatic N) is 4. The van der Waals surface area contributed by atoms with Crippen molar-refractivity contribution in [2.75, 3.05) is 51.8 Å². The van der Waals surface area contributed by atoms with Crippen molar-refractivity contribution in [3.05, 3.63) is 66.4 Å². The van der Waals surface area contributed by atoms with Crippen molar-refractivity contribution in [2.45, 2.75) is 6.42 Å². The molecule has 0 spiro atoms. The number of nitrogens with one attached hydrogen (secondary N) is 1. The minimum Gasteiger partial charge on any atom is -0.495 e. The minimum absolute atomic E-state index is 0.828. The van der Waals surface area contributed by atoms with Gasteiger partial charge in [0.25, 0.3) is 0 Å². The molecule has 0 aliphatic carbocycles. The molecular weight excluding hydrogens is 374 g/mol. The Bertz CT molecular complexity index is 1010. The number of aliphatic imine (C=N–C) groups is 1. The second kappa shape index (κ2) is 9.48. The third-order valence-corrected chi connectivity index (χ3v) is 5.61. The number of fused-ring (bicyclic) bond motifs is 1. The molecule has 0 saturated carbocycles. The molecule has 2 aromatic carbocycles. The van der Waals surface area contributed by atoms with Crippen molar-refractivity contribution < 1.29 is 4.74 Å². The SMILES string of the molecule is CN=C(NCCc1cccc2cccnc12)N1CCN(c2ccccc2OC)CC1. The molecule has 30 heavy (non-hydrogen) atoms. The summed E-state index contributed by atoms with van der Waals surface area (Å²) in [7, 11) is 3.58. The smallest absolute Gasteiger partial charge is 0.193 e. The van der Waals surface area contributed by atoms with Gasteiger partial charge < -0.3 is 19.9 Å². The van der Waals surface area contributed by atoms with Gasteiger partial charge in [-0.1, -0.05) is 36.4 Å². The van der Waals surface area contributed by atoms with Gasteiger partial charge in [0.05, 0.1) is 18.3 Å². The number of benzene rings is 2. The van der Waals surface area contributed by atoms with E-state index in [1.807, 2.05) is 31.4 Å². The first-order valence-electron chi connectivity index (χ1n) is 10.5. The highest BCUT2D eigenvalue weighted by atomic mass is 16.5. The van der Waals surface area contributed by atoms with E-state index in [0.717, 1.165) is 62.1 Å². The van der Waals surface area contributed by atoms with E-state index in [9.17, 15) is 0 Å². The van der Waals surface area contributed by atoms with Gasteiger partial charge in [0, 0.05) is 51.4 Å². The van der Waals surface area contributed by atoms with E-state index < -0.39 is 0 Å². The second-order valence-electron chi connectivity index (χ2n) is 7.36. The Hall–Kier alpha value is -3.28. The van der Waals surface area contributed by atoms with Crippen LogP contribution in [0.1, 0.15) is 5.56 Å². The van der Waals surface area contributed by atoms with Crippen LogP contribution in [-0.4, -0.2) is 62.7 Å². The van der Waals surface area contributed by atoms with Gasteiger partial charge in [-0.3, -0.25) is 9.98 Å². The maximum atomic E-state index is 5.52. The molecule has 1 N–H and O–H groups in total. The Kier molecular flexibility index (Phi) is 6.32. The number of aromatic nitrogens is 1. The van der Waals surface area contributed by atoms with Crippen molar-refractivity contribution in [3.8, 4) is 5.75 Å². The van der Waals surface area contributed by atoms with Crippen molar-refractivity contribution >= 4 is 22.5 Å². The van der Waals surface area contributed by atoms with E-state index in [4.69, 9.17) is 4.74 Å². The Morgan fingerprint density at radius 2 is 1.83 bits per heavy atom. The summed E-state index contributed by atoms with van der Waals surface area (Å²) in [6, 6.07) is 18.7. The first kappa shape index (κ1) is 20.0. The van der Waals surface area contributed by atoms with E-state index in [2.05, 4.69) is 61.5 Å². The average molecular weight is 404 g/mol. The fraction of sp³-hybridized carbons (Fsp3) is 0.333. The number of piperazine rings is 1. The van der Waals surface area contributed by atoms with E-state index in [0.29, 0.717) is 0 Å². The molecule has 1 fully saturated rings. The number of pyridine rings is 1. The van der Waals surface area contributed by atoms with Gasteiger partial charge in [-0.25, -0.2) is 0 Å². The van der Waals surface area contributed by atoms with Gasteiger partial charge in [0.2, 0.25) is 0 Å². The van der Waals surface area contributed by atoms with Crippen molar-refractivity contribution in [1.82, 2.24) is 15.2 Å². The number of ether oxygens (including phenoxy) is 1. The Morgan fingerprint density at radius 3 is 2.63 bits per heavy atom. The van der Waals surface area contributed by atoms with Crippen LogP contribution in [0.25, 0.3) is 10.9 Å². The third kappa shape index (κ3) is 4.32. The zero-order valence-corrected chi connectivity index (χ0v) is 17.7. The van der Waals surface area contributed by atoms with Crippen LogP contribution in [0.4, 0.5) is 5.69 Å². The number of para-hydroxylation sites is 3. The number of guanidine groups is 1. The van der Waals surface area contributed by atoms with Crippen LogP contribution >= 0.6 is 0 Å². The highest BCUT2D eigenvalue weighted by molar-refractivity contribution is 5.82. The molecule has 6 heteroatoms. The molecule has 156 valence electrons. The lowest BCUT2D eigenvalue weighted by Crippen LogP contribution is -2.52. The lowest BCUT2D eigenvalue weighted by molar-refractivity contribution is 0.367. The third-order valence-electron chi connectivity index (χ3n) is 5.61. The van der Waals surface area contributed by atoms with Gasteiger partial charge >= 0.3 is 0 Å². The first-order chi connectivity index (χ1) is 14.8. The van der Waals surface area contributed by atoms with Crippen molar-refractivity contribution in [1.29, 1.82) is 0 Å². The first-order valence-corrected chi connectivity index (χ1v) is 10.5. The summed E-state index contributed by atoms with van der Waals surface area (Å²) >= 11 is 0. The molecule has 6 nitrogen and oxygen atoms in total.